The van der Waals surface area contributed by atoms with Gasteiger partial charge in [-0.25, -0.2) is 0 Å². The minimum Gasteiger partial charge on any atom is -0.497 e. The molecule has 0 saturated carbocycles. The van der Waals surface area contributed by atoms with E-state index in [1.807, 2.05) is 43.9 Å². The van der Waals surface area contributed by atoms with Crippen LogP contribution in [0.1, 0.15) is 135 Å². The Labute approximate surface area is 598 Å². The third kappa shape index (κ3) is 62.4. The number of methoxy groups -OCH3 is 1. The smallest absolute Gasteiger partial charge is 0.304 e. The van der Waals surface area contributed by atoms with Crippen LogP contribution >= 0.6 is 0 Å². The van der Waals surface area contributed by atoms with Gasteiger partial charge in [0, 0.05) is 217 Å². The molecule has 0 amide bonds. The van der Waals surface area contributed by atoms with Crippen LogP contribution in [0.5, 0.6) is 11.5 Å². The van der Waals surface area contributed by atoms with Crippen molar-refractivity contribution in [2.45, 2.75) is 135 Å². The maximum Gasteiger partial charge on any atom is 0.304 e. The fourth-order valence-electron chi connectivity index (χ4n) is 10.8. The molecule has 31 nitrogen and oxygen atoms in total. The van der Waals surface area contributed by atoms with Crippen molar-refractivity contribution in [2.24, 2.45) is 0 Å². The van der Waals surface area contributed by atoms with Gasteiger partial charge in [-0.2, -0.15) is 0 Å². The number of carboxylic acids is 8. The summed E-state index contributed by atoms with van der Waals surface area (Å²) in [5.41, 5.74) is 0. The first-order valence-corrected chi connectivity index (χ1v) is 36.3. The average Bonchev–Trinajstić information content (AvgIpc) is 1.10. The van der Waals surface area contributed by atoms with Crippen LogP contribution < -0.4 is 9.47 Å². The summed E-state index contributed by atoms with van der Waals surface area (Å²) >= 11 is 0. The lowest BCUT2D eigenvalue weighted by Crippen LogP contribution is -2.31. The van der Waals surface area contributed by atoms with Crippen molar-refractivity contribution in [1.82, 2.24) is 34.3 Å². The molecule has 8 N–H and O–H groups in total. The van der Waals surface area contributed by atoms with E-state index in [0.717, 1.165) is 128 Å². The highest BCUT2D eigenvalue weighted by Crippen LogP contribution is 2.17. The fourth-order valence-corrected chi connectivity index (χ4v) is 10.8. The number of carbonyl (C=O) groups is 8. The van der Waals surface area contributed by atoms with Gasteiger partial charge in [-0.3, -0.25) is 38.4 Å². The Hall–Kier alpha value is -5.94. The molecule has 101 heavy (non-hydrogen) atoms. The summed E-state index contributed by atoms with van der Waals surface area (Å²) < 4.78 is 47.6. The first-order chi connectivity index (χ1) is 48.7. The predicted molar refractivity (Wildman–Crippen MR) is 377 cm³/mol. The normalized spacial score (nSPS) is 11.7. The molecule has 0 aliphatic rings. The summed E-state index contributed by atoms with van der Waals surface area (Å²) in [6, 6.07) is 7.52. The molecule has 0 aliphatic carbocycles. The van der Waals surface area contributed by atoms with Crippen LogP contribution in [0, 0.1) is 0 Å². The average molecular weight is 1450 g/mol. The van der Waals surface area contributed by atoms with E-state index in [2.05, 4.69) is 14.7 Å². The van der Waals surface area contributed by atoms with E-state index in [4.69, 9.17) is 78.7 Å². The first kappa shape index (κ1) is 93.1. The highest BCUT2D eigenvalue weighted by molar-refractivity contribution is 5.69. The van der Waals surface area contributed by atoms with Crippen molar-refractivity contribution in [3.8, 4) is 11.5 Å². The molecule has 1 rings (SSSR count). The Balaban J connectivity index is 2.85. The SMILES string of the molecule is COc1ccc(OCCCN(CCCOCCCN(CCCOCCCN(CCC(=O)O)CCC(=O)O)CCCOCCCN(CCC(=O)O)CCC(=O)O)CCCOCCCN(CCCOCCCN(CCC(=O)O)CCC(=O)O)CCCOCCCN(CCC(=O)O)CCC(=O)O)cc1. The van der Waals surface area contributed by atoms with Gasteiger partial charge in [0.25, 0.3) is 0 Å². The van der Waals surface area contributed by atoms with Gasteiger partial charge in [0.2, 0.25) is 0 Å². The van der Waals surface area contributed by atoms with Crippen LogP contribution in [0.25, 0.3) is 0 Å². The van der Waals surface area contributed by atoms with Gasteiger partial charge in [-0.1, -0.05) is 0 Å². The van der Waals surface area contributed by atoms with E-state index in [9.17, 15) is 38.4 Å². The summed E-state index contributed by atoms with van der Waals surface area (Å²) in [7, 11) is 1.62. The monoisotopic (exact) mass is 1450 g/mol. The molecule has 0 aliphatic heterocycles. The van der Waals surface area contributed by atoms with Crippen molar-refractivity contribution < 1.29 is 117 Å². The highest BCUT2D eigenvalue weighted by atomic mass is 16.5. The molecule has 1 aromatic rings. The van der Waals surface area contributed by atoms with Gasteiger partial charge < -0.3 is 113 Å². The molecule has 0 aromatic heterocycles. The van der Waals surface area contributed by atoms with Gasteiger partial charge in [-0.05, 0) is 108 Å². The van der Waals surface area contributed by atoms with E-state index in [0.29, 0.717) is 138 Å². The number of benzene rings is 1. The molecule has 31 heteroatoms. The maximum atomic E-state index is 11.1. The molecule has 584 valence electrons. The Kier molecular flexibility index (Phi) is 59.8. The van der Waals surface area contributed by atoms with Gasteiger partial charge in [-0.15, -0.1) is 0 Å². The minimum absolute atomic E-state index is 0.0678. The van der Waals surface area contributed by atoms with E-state index in [1.165, 1.54) is 0 Å². The van der Waals surface area contributed by atoms with E-state index in [-0.39, 0.29) is 104 Å². The number of ether oxygens (including phenoxy) is 8. The first-order valence-electron chi connectivity index (χ1n) is 36.3. The van der Waals surface area contributed by atoms with Crippen LogP contribution in [-0.4, -0.2) is 353 Å². The Morgan fingerprint density at radius 2 is 0.366 bits per heavy atom. The maximum absolute atomic E-state index is 11.1. The third-order valence-corrected chi connectivity index (χ3v) is 16.2. The topological polar surface area (TPSA) is 395 Å². The molecule has 0 radical (unpaired) electrons. The summed E-state index contributed by atoms with van der Waals surface area (Å²) in [5.74, 6) is -5.95. The van der Waals surface area contributed by atoms with Crippen molar-refractivity contribution in [1.29, 1.82) is 0 Å². The van der Waals surface area contributed by atoms with Gasteiger partial charge in [0.05, 0.1) is 65.1 Å². The second kappa shape index (κ2) is 64.9. The van der Waals surface area contributed by atoms with Crippen LogP contribution in [0.2, 0.25) is 0 Å². The zero-order valence-corrected chi connectivity index (χ0v) is 60.4. The minimum atomic E-state index is -0.935. The molecule has 1 aromatic carbocycles. The van der Waals surface area contributed by atoms with E-state index in [1.54, 1.807) is 7.11 Å². The lowest BCUT2D eigenvalue weighted by molar-refractivity contribution is -0.139. The number of hydrogen-bond donors (Lipinski definition) is 8. The van der Waals surface area contributed by atoms with Crippen molar-refractivity contribution in [3.63, 3.8) is 0 Å². The van der Waals surface area contributed by atoms with E-state index >= 15 is 0 Å². The van der Waals surface area contributed by atoms with Gasteiger partial charge >= 0.3 is 47.8 Å². The molecule has 0 fully saturated rings. The standard InChI is InChI=1S/C70H125N7O24/c1-94-61-15-17-62(18-16-61)101-60-14-39-73(33-8-54-95-48-2-27-71(29-4-50-97-56-10-35-74(40-19-63(78)79)41-20-64(80)81)30-5-51-98-57-11-36-75(42-21-65(82)83)43-22-66(84)85)34-9-55-96-49-3-28-72(31-6-52-99-58-12-37-76(44-23-67(86)87)45-24-68(88)89)32-7-53-100-59-13-38-77(46-25-69(90)91)47-26-70(92)93/h15-18H,2-14,19-60H2,1H3,(H,78,79)(H,80,81)(H,82,83)(H,84,85)(H,86,87)(H,88,89)(H,90,91)(H,92,93). The van der Waals surface area contributed by atoms with E-state index < -0.39 is 47.8 Å². The van der Waals surface area contributed by atoms with Crippen LogP contribution in [0.15, 0.2) is 24.3 Å². The zero-order valence-electron chi connectivity index (χ0n) is 60.4. The van der Waals surface area contributed by atoms with Crippen molar-refractivity contribution >= 4 is 47.8 Å². The number of hydrogen-bond acceptors (Lipinski definition) is 23. The molecular formula is C70H125N7O24. The molecule has 0 spiro atoms. The fraction of sp³-hybridized carbons (Fsp3) is 0.800. The highest BCUT2D eigenvalue weighted by Gasteiger charge is 2.16. The third-order valence-electron chi connectivity index (χ3n) is 16.2. The van der Waals surface area contributed by atoms with Crippen LogP contribution in [0.4, 0.5) is 0 Å². The lowest BCUT2D eigenvalue weighted by Gasteiger charge is -2.24. The molecule has 0 atom stereocenters. The second-order valence-electron chi connectivity index (χ2n) is 24.8. The van der Waals surface area contributed by atoms with Crippen LogP contribution in [-0.2, 0) is 66.8 Å². The summed E-state index contributed by atoms with van der Waals surface area (Å²) in [4.78, 5) is 104. The van der Waals surface area contributed by atoms with Crippen molar-refractivity contribution in [2.75, 3.05) is 230 Å². The molecule has 0 heterocycles. The molecular weight excluding hydrogens is 1320 g/mol. The number of rotatable bonds is 78. The largest absolute Gasteiger partial charge is 0.497 e. The summed E-state index contributed by atoms with van der Waals surface area (Å²) in [6.45, 7) is 18.4. The Morgan fingerprint density at radius 1 is 0.228 bits per heavy atom. The molecule has 0 bridgehead atoms. The van der Waals surface area contributed by atoms with Crippen LogP contribution in [0.3, 0.4) is 0 Å². The molecule has 0 saturated heterocycles. The zero-order chi connectivity index (χ0) is 74.2. The Bertz CT molecular complexity index is 1980. The second-order valence-corrected chi connectivity index (χ2v) is 24.8. The van der Waals surface area contributed by atoms with Gasteiger partial charge in [0.15, 0.2) is 0 Å². The van der Waals surface area contributed by atoms with Crippen molar-refractivity contribution in [3.05, 3.63) is 24.3 Å². The predicted octanol–water partition coefficient (Wildman–Crippen LogP) is 5.16. The van der Waals surface area contributed by atoms with Gasteiger partial charge in [0.1, 0.15) is 11.5 Å². The number of aliphatic carboxylic acids is 8. The summed E-state index contributed by atoms with van der Waals surface area (Å²) in [6.07, 6.45) is 9.25. The lowest BCUT2D eigenvalue weighted by atomic mass is 10.3. The quantitative estimate of drug-likeness (QED) is 0.0391. The molecule has 0 unspecified atom stereocenters. The summed E-state index contributed by atoms with van der Waals surface area (Å²) in [5, 5.41) is 73.1. The number of carboxylic acid groups (broad SMARTS) is 8. The number of nitrogens with zero attached hydrogens (tertiary/aromatic N) is 7. The Morgan fingerprint density at radius 3 is 0.515 bits per heavy atom.